The summed E-state index contributed by atoms with van der Waals surface area (Å²) >= 11 is 0. The van der Waals surface area contributed by atoms with Crippen LogP contribution in [0.25, 0.3) is 0 Å². The predicted octanol–water partition coefficient (Wildman–Crippen LogP) is -11.5. The lowest BCUT2D eigenvalue weighted by atomic mass is 9.94. The van der Waals surface area contributed by atoms with E-state index < -0.39 is 204 Å². The molecule has 0 aromatic rings. The minimum atomic E-state index is -2.08. The maximum atomic E-state index is 12.4. The molecule has 0 aromatic carbocycles. The zero-order valence-corrected chi connectivity index (χ0v) is 35.1. The molecule has 376 valence electrons. The molecule has 25 atom stereocenters. The molecule has 0 saturated carbocycles. The molecule has 5 saturated heterocycles. The maximum absolute atomic E-state index is 12.4. The Balaban J connectivity index is 1.33. The molecule has 5 aliphatic heterocycles. The third-order valence-corrected chi connectivity index (χ3v) is 11.5. The molecule has 0 unspecified atom stereocenters. The van der Waals surface area contributed by atoms with Gasteiger partial charge < -0.3 is 130 Å². The largest absolute Gasteiger partial charge is 0.394 e. The molecule has 5 rings (SSSR count). The average molecular weight is 952 g/mol. The topological polar surface area (TPSA) is 454 Å². The number of nitrogens with one attached hydrogen (secondary N) is 3. The fraction of sp³-hybridized carbons (Fsp3) is 0.917. The number of carbonyl (C=O) groups is 3. The number of aliphatic hydroxyl groups excluding tert-OH is 14. The Bertz CT molecular complexity index is 1560. The van der Waals surface area contributed by atoms with Gasteiger partial charge in [0.1, 0.15) is 122 Å². The van der Waals surface area contributed by atoms with Crippen LogP contribution in [-0.4, -0.2) is 276 Å². The first-order chi connectivity index (χ1) is 30.7. The Hall–Kier alpha value is -2.51. The van der Waals surface area contributed by atoms with Gasteiger partial charge in [-0.2, -0.15) is 0 Å². The van der Waals surface area contributed by atoms with Crippen LogP contribution in [0.3, 0.4) is 0 Å². The van der Waals surface area contributed by atoms with Gasteiger partial charge in [-0.3, -0.25) is 14.4 Å². The molecular formula is C36H61N3O26. The fourth-order valence-corrected chi connectivity index (χ4v) is 8.13. The number of hydrogen-bond acceptors (Lipinski definition) is 26. The summed E-state index contributed by atoms with van der Waals surface area (Å²) in [4.78, 5) is 36.5. The smallest absolute Gasteiger partial charge is 0.217 e. The molecular weight excluding hydrogens is 890 g/mol. The lowest BCUT2D eigenvalue weighted by Crippen LogP contribution is -2.69. The van der Waals surface area contributed by atoms with Crippen molar-refractivity contribution < 1.29 is 129 Å². The molecule has 5 fully saturated rings. The first kappa shape index (κ1) is 53.4. The van der Waals surface area contributed by atoms with Gasteiger partial charge in [-0.25, -0.2) is 0 Å². The Morgan fingerprint density at radius 1 is 0.400 bits per heavy atom. The van der Waals surface area contributed by atoms with E-state index in [9.17, 15) is 85.9 Å². The SMILES string of the molecule is CC(=O)N[C@@H]1[C@@H](O[C@@H]2O[C@H](CO)[C@H](O)[C@H](O)[C@H]2O)[C@@H](O)[C@@H](CO[C@@H]2O[C@H](CO)[C@@H](O[C@@H]3O[C@H](CO)[C@H](O)[C@H](O[C@@H]4O[C@H](CO)[C@@H](O)[C@H](O)[C@H]4NC(C)=O)[C@H]3O)[C@H](O)[C@H]2NC(C)=O)O[C@H]1O. The van der Waals surface area contributed by atoms with Gasteiger partial charge in [0.15, 0.2) is 31.5 Å². The summed E-state index contributed by atoms with van der Waals surface area (Å²) in [6.45, 7) is -1.17. The first-order valence-corrected chi connectivity index (χ1v) is 20.6. The lowest BCUT2D eigenvalue weighted by molar-refractivity contribution is -0.371. The Labute approximate surface area is 369 Å². The van der Waals surface area contributed by atoms with E-state index in [2.05, 4.69) is 16.0 Å². The van der Waals surface area contributed by atoms with Gasteiger partial charge in [0, 0.05) is 20.8 Å². The average Bonchev–Trinajstić information content (AvgIpc) is 3.25. The van der Waals surface area contributed by atoms with Crippen LogP contribution in [0.4, 0.5) is 0 Å². The van der Waals surface area contributed by atoms with Crippen molar-refractivity contribution >= 4 is 17.7 Å². The highest BCUT2D eigenvalue weighted by atomic mass is 16.8. The molecule has 3 amide bonds. The third-order valence-electron chi connectivity index (χ3n) is 11.5. The zero-order chi connectivity index (χ0) is 48.2. The number of carbonyl (C=O) groups excluding carboxylic acids is 3. The molecule has 5 heterocycles. The Morgan fingerprint density at radius 2 is 0.815 bits per heavy atom. The van der Waals surface area contributed by atoms with E-state index in [1.165, 1.54) is 0 Å². The first-order valence-electron chi connectivity index (χ1n) is 20.6. The van der Waals surface area contributed by atoms with Crippen LogP contribution >= 0.6 is 0 Å². The van der Waals surface area contributed by atoms with E-state index in [1.807, 2.05) is 0 Å². The van der Waals surface area contributed by atoms with E-state index in [1.54, 1.807) is 0 Å². The monoisotopic (exact) mass is 951 g/mol. The molecule has 0 aromatic heterocycles. The molecule has 17 N–H and O–H groups in total. The van der Waals surface area contributed by atoms with Gasteiger partial charge in [0.25, 0.3) is 0 Å². The summed E-state index contributed by atoms with van der Waals surface area (Å²) in [5, 5.41) is 156. The number of rotatable bonds is 16. The van der Waals surface area contributed by atoms with Crippen LogP contribution in [0.15, 0.2) is 0 Å². The summed E-state index contributed by atoms with van der Waals surface area (Å²) in [6.07, 6.45) is -39.4. The molecule has 0 aliphatic carbocycles. The quantitative estimate of drug-likeness (QED) is 0.0683. The number of aliphatic hydroxyl groups is 14. The van der Waals surface area contributed by atoms with Crippen LogP contribution in [-0.2, 0) is 57.0 Å². The second kappa shape index (κ2) is 23.2. The molecule has 0 radical (unpaired) electrons. The van der Waals surface area contributed by atoms with Crippen LogP contribution in [0.1, 0.15) is 20.8 Å². The van der Waals surface area contributed by atoms with Crippen LogP contribution < -0.4 is 16.0 Å². The van der Waals surface area contributed by atoms with E-state index >= 15 is 0 Å². The Kier molecular flexibility index (Phi) is 19.1. The summed E-state index contributed by atoms with van der Waals surface area (Å²) in [6, 6.07) is -4.73. The van der Waals surface area contributed by atoms with Gasteiger partial charge in [-0.15, -0.1) is 0 Å². The zero-order valence-electron chi connectivity index (χ0n) is 35.1. The van der Waals surface area contributed by atoms with Crippen molar-refractivity contribution in [3.63, 3.8) is 0 Å². The predicted molar refractivity (Wildman–Crippen MR) is 201 cm³/mol. The van der Waals surface area contributed by atoms with Crippen molar-refractivity contribution in [1.29, 1.82) is 0 Å². The second-order valence-corrected chi connectivity index (χ2v) is 16.2. The standard InChI is InChI=1S/C36H61N3O26/c1-9(44)37-17-24(51)20(47)12(4-40)59-34(17)65-31-22(49)14(6-42)61-36(28(31)55)63-29-15(7-43)62-33(18(25(29)52)38-10(2)45)57-8-16-23(50)30(19(32(56)58-16)39-11(3)46)64-35-27(54)26(53)21(48)13(5-41)60-35/h12-36,40-43,47-56H,4-8H2,1-3H3,(H,37,44)(H,38,45)(H,39,46)/t12-,13-,14-,15-,16-,17-,18-,19-,20-,21+,22+,23+,24-,25-,26+,27-,28-,29-,30-,31+,32-,33-,34+,35+,36+/m1/s1. The minimum Gasteiger partial charge on any atom is -0.394 e. The van der Waals surface area contributed by atoms with Gasteiger partial charge in [-0.05, 0) is 0 Å². The Morgan fingerprint density at radius 3 is 1.35 bits per heavy atom. The third kappa shape index (κ3) is 12.0. The maximum Gasteiger partial charge on any atom is 0.217 e. The highest BCUT2D eigenvalue weighted by Gasteiger charge is 2.56. The molecule has 29 heteroatoms. The van der Waals surface area contributed by atoms with Gasteiger partial charge in [0.2, 0.25) is 17.7 Å². The van der Waals surface area contributed by atoms with Crippen molar-refractivity contribution in [2.75, 3.05) is 33.0 Å². The second-order valence-electron chi connectivity index (χ2n) is 16.2. The lowest BCUT2D eigenvalue weighted by Gasteiger charge is -2.49. The summed E-state index contributed by atoms with van der Waals surface area (Å²) in [7, 11) is 0. The summed E-state index contributed by atoms with van der Waals surface area (Å²) in [5.74, 6) is -2.23. The highest BCUT2D eigenvalue weighted by molar-refractivity contribution is 5.74. The van der Waals surface area contributed by atoms with Crippen molar-refractivity contribution in [1.82, 2.24) is 16.0 Å². The summed E-state index contributed by atoms with van der Waals surface area (Å²) in [5.41, 5.74) is 0. The van der Waals surface area contributed by atoms with Crippen molar-refractivity contribution in [2.24, 2.45) is 0 Å². The van der Waals surface area contributed by atoms with E-state index in [0.29, 0.717) is 0 Å². The van der Waals surface area contributed by atoms with Crippen LogP contribution in [0, 0.1) is 0 Å². The normalized spacial score (nSPS) is 47.1. The molecule has 65 heavy (non-hydrogen) atoms. The number of ether oxygens (including phenoxy) is 9. The van der Waals surface area contributed by atoms with Crippen LogP contribution in [0.5, 0.6) is 0 Å². The highest BCUT2D eigenvalue weighted by Crippen LogP contribution is 2.34. The van der Waals surface area contributed by atoms with Gasteiger partial charge in [-0.1, -0.05) is 0 Å². The van der Waals surface area contributed by atoms with Crippen LogP contribution in [0.2, 0.25) is 0 Å². The van der Waals surface area contributed by atoms with E-state index in [-0.39, 0.29) is 0 Å². The van der Waals surface area contributed by atoms with Gasteiger partial charge >= 0.3 is 0 Å². The van der Waals surface area contributed by atoms with Crippen molar-refractivity contribution in [3.8, 4) is 0 Å². The van der Waals surface area contributed by atoms with E-state index in [4.69, 9.17) is 42.6 Å². The molecule has 0 spiro atoms. The molecule has 0 bridgehead atoms. The van der Waals surface area contributed by atoms with E-state index in [0.717, 1.165) is 20.8 Å². The van der Waals surface area contributed by atoms with Gasteiger partial charge in [0.05, 0.1) is 33.0 Å². The number of hydrogen-bond donors (Lipinski definition) is 17. The van der Waals surface area contributed by atoms with Crippen molar-refractivity contribution in [3.05, 3.63) is 0 Å². The minimum absolute atomic E-state index is 0.721. The fourth-order valence-electron chi connectivity index (χ4n) is 8.13. The molecule has 5 aliphatic rings. The number of amides is 3. The van der Waals surface area contributed by atoms with Crippen molar-refractivity contribution in [2.45, 2.75) is 174 Å². The summed E-state index contributed by atoms with van der Waals surface area (Å²) < 4.78 is 51.1. The molecule has 29 nitrogen and oxygen atoms in total.